The van der Waals surface area contributed by atoms with Crippen molar-refractivity contribution in [1.82, 2.24) is 4.90 Å². The van der Waals surface area contributed by atoms with Gasteiger partial charge in [0.25, 0.3) is 0 Å². The first-order chi connectivity index (χ1) is 19.8. The second-order valence-electron chi connectivity index (χ2n) is 10.5. The topological polar surface area (TPSA) is 51.2 Å². The molecule has 2 aromatic rings. The maximum Gasteiger partial charge on any atom is 0.508 e. The van der Waals surface area contributed by atoms with Crippen molar-refractivity contribution in [3.8, 4) is 0 Å². The fourth-order valence-corrected chi connectivity index (χ4v) is 6.32. The second-order valence-corrected chi connectivity index (χ2v) is 11.6. The van der Waals surface area contributed by atoms with Gasteiger partial charge in [-0.15, -0.1) is 0 Å². The monoisotopic (exact) mass is 594 g/mol. The van der Waals surface area contributed by atoms with Gasteiger partial charge in [-0.25, -0.2) is 4.79 Å². The number of para-hydroxylation sites is 1. The Morgan fingerprint density at radius 2 is 1.61 bits per heavy atom. The Hall–Kier alpha value is -2.43. The molecule has 10 heteroatoms. The summed E-state index contributed by atoms with van der Waals surface area (Å²) >= 11 is 1.52. The number of benzene rings is 2. The number of unbranched alkanes of at least 4 members (excludes halogenated alkanes) is 4. The third-order valence-corrected chi connectivity index (χ3v) is 8.60. The molecule has 0 unspecified atom stereocenters. The number of carbonyl (C=O) groups is 1. The molecule has 2 aliphatic heterocycles. The van der Waals surface area contributed by atoms with Gasteiger partial charge in [0, 0.05) is 29.4 Å². The molecule has 226 valence electrons. The van der Waals surface area contributed by atoms with Gasteiger partial charge >= 0.3 is 12.3 Å². The number of ether oxygens (including phenoxy) is 3. The molecular formula is C31H41F3N2O4S. The molecule has 2 aliphatic rings. The Balaban J connectivity index is 1.15. The summed E-state index contributed by atoms with van der Waals surface area (Å²) in [6.45, 7) is 6.38. The van der Waals surface area contributed by atoms with Crippen molar-refractivity contribution in [1.29, 1.82) is 0 Å². The van der Waals surface area contributed by atoms with Crippen LogP contribution in [0.1, 0.15) is 63.9 Å². The number of hydrogen-bond donors (Lipinski definition) is 0. The zero-order valence-corrected chi connectivity index (χ0v) is 24.6. The van der Waals surface area contributed by atoms with E-state index >= 15 is 0 Å². The van der Waals surface area contributed by atoms with Gasteiger partial charge in [-0.3, -0.25) is 0 Å². The molecule has 0 spiro atoms. The standard InChI is InChI=1S/C31H41F3N2O4S/c1-2-3-4-5-8-20-39-30(37)40-22-21-38-25-14-18-35(19-15-25)16-9-17-36-26-10-6-7-11-28(26)41-29-13-12-24(23-27(29)36)31(32,33)34/h6-7,10-13,23,25H,2-5,8-9,14-22H2,1H3. The summed E-state index contributed by atoms with van der Waals surface area (Å²) in [5, 5.41) is 0. The van der Waals surface area contributed by atoms with E-state index in [0.29, 0.717) is 25.4 Å². The van der Waals surface area contributed by atoms with E-state index in [1.165, 1.54) is 36.7 Å². The molecular weight excluding hydrogens is 553 g/mol. The van der Waals surface area contributed by atoms with Crippen LogP contribution in [0, 0.1) is 0 Å². The number of fused-ring (bicyclic) bond motifs is 2. The number of piperidine rings is 1. The van der Waals surface area contributed by atoms with Gasteiger partial charge in [-0.1, -0.05) is 56.5 Å². The molecule has 4 rings (SSSR count). The molecule has 1 fully saturated rings. The average molecular weight is 595 g/mol. The minimum atomic E-state index is -4.38. The first-order valence-corrected chi connectivity index (χ1v) is 15.6. The van der Waals surface area contributed by atoms with E-state index in [4.69, 9.17) is 14.2 Å². The number of likely N-dealkylation sites (tertiary alicyclic amines) is 1. The fourth-order valence-electron chi connectivity index (χ4n) is 5.24. The number of hydrogen-bond acceptors (Lipinski definition) is 7. The number of anilines is 2. The lowest BCUT2D eigenvalue weighted by Crippen LogP contribution is -2.38. The van der Waals surface area contributed by atoms with Gasteiger partial charge in [0.05, 0.1) is 36.3 Å². The minimum absolute atomic E-state index is 0.128. The lowest BCUT2D eigenvalue weighted by molar-refractivity contribution is -0.137. The van der Waals surface area contributed by atoms with Gasteiger partial charge in [-0.2, -0.15) is 13.2 Å². The third-order valence-electron chi connectivity index (χ3n) is 7.47. The summed E-state index contributed by atoms with van der Waals surface area (Å²) in [5.74, 6) is 0. The van der Waals surface area contributed by atoms with E-state index in [1.807, 2.05) is 29.2 Å². The Morgan fingerprint density at radius 1 is 0.878 bits per heavy atom. The molecule has 0 bridgehead atoms. The van der Waals surface area contributed by atoms with E-state index in [2.05, 4.69) is 11.8 Å². The van der Waals surface area contributed by atoms with E-state index in [9.17, 15) is 18.0 Å². The predicted molar refractivity (Wildman–Crippen MR) is 155 cm³/mol. The van der Waals surface area contributed by atoms with Crippen LogP contribution in [0.15, 0.2) is 52.3 Å². The molecule has 1 saturated heterocycles. The Bertz CT molecular complexity index is 1110. The van der Waals surface area contributed by atoms with Crippen LogP contribution in [-0.4, -0.2) is 63.2 Å². The quantitative estimate of drug-likeness (QED) is 0.161. The van der Waals surface area contributed by atoms with Crippen molar-refractivity contribution >= 4 is 29.3 Å². The molecule has 0 radical (unpaired) electrons. The second kappa shape index (κ2) is 15.7. The largest absolute Gasteiger partial charge is 0.508 e. The van der Waals surface area contributed by atoms with Gasteiger partial charge in [-0.05, 0) is 62.6 Å². The fraction of sp³-hybridized carbons (Fsp3) is 0.581. The zero-order chi connectivity index (χ0) is 29.1. The van der Waals surface area contributed by atoms with E-state index in [1.54, 1.807) is 6.07 Å². The Labute approximate surface area is 245 Å². The van der Waals surface area contributed by atoms with Gasteiger partial charge in [0.1, 0.15) is 6.61 Å². The molecule has 0 aliphatic carbocycles. The van der Waals surface area contributed by atoms with Crippen molar-refractivity contribution in [2.24, 2.45) is 0 Å². The summed E-state index contributed by atoms with van der Waals surface area (Å²) in [6, 6.07) is 11.9. The number of carbonyl (C=O) groups excluding carboxylic acids is 1. The Morgan fingerprint density at radius 3 is 2.39 bits per heavy atom. The number of alkyl halides is 3. The van der Waals surface area contributed by atoms with Gasteiger partial charge in [0.2, 0.25) is 0 Å². The zero-order valence-electron chi connectivity index (χ0n) is 23.8. The van der Waals surface area contributed by atoms with Crippen molar-refractivity contribution in [3.05, 3.63) is 48.0 Å². The highest BCUT2D eigenvalue weighted by molar-refractivity contribution is 7.99. The molecule has 0 N–H and O–H groups in total. The van der Waals surface area contributed by atoms with Gasteiger partial charge in [0.15, 0.2) is 0 Å². The summed E-state index contributed by atoms with van der Waals surface area (Å²) < 4.78 is 56.5. The maximum atomic E-state index is 13.5. The van der Waals surface area contributed by atoms with Crippen LogP contribution >= 0.6 is 11.8 Å². The summed E-state index contributed by atoms with van der Waals surface area (Å²) in [4.78, 5) is 18.0. The van der Waals surface area contributed by atoms with Crippen LogP contribution in [0.25, 0.3) is 0 Å². The van der Waals surface area contributed by atoms with Crippen LogP contribution < -0.4 is 4.90 Å². The SMILES string of the molecule is CCCCCCCOC(=O)OCCOC1CCN(CCCN2c3ccccc3Sc3ccc(C(F)(F)F)cc32)CC1. The first kappa shape index (κ1) is 31.5. The van der Waals surface area contributed by atoms with E-state index < -0.39 is 17.9 Å². The van der Waals surface area contributed by atoms with E-state index in [-0.39, 0.29) is 12.7 Å². The molecule has 0 saturated carbocycles. The lowest BCUT2D eigenvalue weighted by Gasteiger charge is -2.35. The lowest BCUT2D eigenvalue weighted by atomic mass is 10.1. The summed E-state index contributed by atoms with van der Waals surface area (Å²) in [5.41, 5.74) is 0.951. The van der Waals surface area contributed by atoms with Crippen LogP contribution in [-0.2, 0) is 20.4 Å². The first-order valence-electron chi connectivity index (χ1n) is 14.7. The molecule has 6 nitrogen and oxygen atoms in total. The normalized spacial score (nSPS) is 15.9. The smallest absolute Gasteiger partial charge is 0.434 e. The predicted octanol–water partition coefficient (Wildman–Crippen LogP) is 8.30. The van der Waals surface area contributed by atoms with Crippen molar-refractivity contribution in [2.75, 3.05) is 50.9 Å². The highest BCUT2D eigenvalue weighted by atomic mass is 32.2. The van der Waals surface area contributed by atoms with Crippen LogP contribution in [0.2, 0.25) is 0 Å². The molecule has 2 heterocycles. The third kappa shape index (κ3) is 9.54. The molecule has 2 aromatic carbocycles. The summed E-state index contributed by atoms with van der Waals surface area (Å²) in [7, 11) is 0. The highest BCUT2D eigenvalue weighted by Crippen LogP contribution is 2.49. The van der Waals surface area contributed by atoms with Crippen molar-refractivity contribution in [2.45, 2.75) is 80.4 Å². The minimum Gasteiger partial charge on any atom is -0.434 e. The van der Waals surface area contributed by atoms with E-state index in [0.717, 1.165) is 73.6 Å². The average Bonchev–Trinajstić information content (AvgIpc) is 2.96. The molecule has 0 amide bonds. The van der Waals surface area contributed by atoms with Crippen molar-refractivity contribution < 1.29 is 32.2 Å². The van der Waals surface area contributed by atoms with Gasteiger partial charge < -0.3 is 24.0 Å². The summed E-state index contributed by atoms with van der Waals surface area (Å²) in [6.07, 6.45) is 3.20. The highest BCUT2D eigenvalue weighted by Gasteiger charge is 2.33. The maximum absolute atomic E-state index is 13.5. The van der Waals surface area contributed by atoms with Crippen molar-refractivity contribution in [3.63, 3.8) is 0 Å². The number of rotatable bonds is 14. The van der Waals surface area contributed by atoms with Crippen LogP contribution in [0.5, 0.6) is 0 Å². The molecule has 41 heavy (non-hydrogen) atoms. The number of nitrogens with zero attached hydrogens (tertiary/aromatic N) is 2. The molecule has 0 aromatic heterocycles. The van der Waals surface area contributed by atoms with Crippen LogP contribution in [0.4, 0.5) is 29.3 Å². The Kier molecular flexibility index (Phi) is 12.1. The molecule has 0 atom stereocenters. The number of halogens is 3. The van der Waals surface area contributed by atoms with Crippen LogP contribution in [0.3, 0.4) is 0 Å².